The van der Waals surface area contributed by atoms with E-state index in [0.29, 0.717) is 0 Å². The van der Waals surface area contributed by atoms with Gasteiger partial charge in [-0.2, -0.15) is 0 Å². The van der Waals surface area contributed by atoms with Crippen molar-refractivity contribution in [2.75, 3.05) is 11.5 Å². The van der Waals surface area contributed by atoms with E-state index in [1.807, 2.05) is 23.5 Å². The highest BCUT2D eigenvalue weighted by molar-refractivity contribution is 7.99. The molecule has 1 heterocycles. The van der Waals surface area contributed by atoms with Crippen LogP contribution in [-0.2, 0) is 11.5 Å². The molecule has 0 aromatic heterocycles. The molecule has 0 atom stereocenters. The molecule has 0 aliphatic carbocycles. The van der Waals surface area contributed by atoms with E-state index in [-0.39, 0.29) is 0 Å². The molecule has 2 bridgehead atoms. The highest BCUT2D eigenvalue weighted by atomic mass is 35.5. The zero-order valence-electron chi connectivity index (χ0n) is 8.25. The average Bonchev–Trinajstić information content (AvgIpc) is 2.28. The Hall–Kier alpha value is -0.230. The molecule has 0 saturated heterocycles. The van der Waals surface area contributed by atoms with Crippen LogP contribution in [0.5, 0.6) is 0 Å². The molecule has 0 amide bonds. The van der Waals surface area contributed by atoms with Crippen molar-refractivity contribution in [3.63, 3.8) is 0 Å². The summed E-state index contributed by atoms with van der Waals surface area (Å²) in [4.78, 5) is 0. The van der Waals surface area contributed by atoms with Crippen LogP contribution in [0.25, 0.3) is 0 Å². The lowest BCUT2D eigenvalue weighted by Crippen LogP contribution is -1.89. The van der Waals surface area contributed by atoms with Gasteiger partial charge < -0.3 is 0 Å². The highest BCUT2D eigenvalue weighted by Crippen LogP contribution is 2.28. The maximum atomic E-state index is 6.33. The second kappa shape index (κ2) is 5.75. The van der Waals surface area contributed by atoms with E-state index < -0.39 is 0 Å². The van der Waals surface area contributed by atoms with Gasteiger partial charge in [-0.3, -0.25) is 0 Å². The third kappa shape index (κ3) is 3.11. The summed E-state index contributed by atoms with van der Waals surface area (Å²) in [6.45, 7) is 0. The molecule has 0 saturated carbocycles. The lowest BCUT2D eigenvalue weighted by atomic mass is 10.1. The Balaban J connectivity index is 2.25. The van der Waals surface area contributed by atoms with Crippen LogP contribution in [0.3, 0.4) is 0 Å². The van der Waals surface area contributed by atoms with Crippen LogP contribution in [0, 0.1) is 11.8 Å². The van der Waals surface area contributed by atoms with Crippen LogP contribution >= 0.6 is 35.1 Å². The molecule has 2 rings (SSSR count). The fraction of sp³-hybridized carbons (Fsp3) is 0.333. The predicted molar refractivity (Wildman–Crippen MR) is 71.6 cm³/mol. The van der Waals surface area contributed by atoms with Crippen LogP contribution in [0.4, 0.5) is 0 Å². The van der Waals surface area contributed by atoms with Gasteiger partial charge in [0.15, 0.2) is 0 Å². The van der Waals surface area contributed by atoms with E-state index in [9.17, 15) is 0 Å². The summed E-state index contributed by atoms with van der Waals surface area (Å²) in [7, 11) is 0. The zero-order chi connectivity index (χ0) is 10.5. The summed E-state index contributed by atoms with van der Waals surface area (Å²) < 4.78 is 0. The van der Waals surface area contributed by atoms with Crippen molar-refractivity contribution >= 4 is 35.1 Å². The molecule has 1 aromatic rings. The molecule has 0 spiro atoms. The monoisotopic (exact) mass is 254 g/mol. The maximum absolute atomic E-state index is 6.33. The van der Waals surface area contributed by atoms with Crippen molar-refractivity contribution in [2.45, 2.75) is 11.5 Å². The summed E-state index contributed by atoms with van der Waals surface area (Å²) in [6.07, 6.45) is 0. The number of benzene rings is 1. The summed E-state index contributed by atoms with van der Waals surface area (Å²) in [5.74, 6) is 10.1. The molecule has 1 aromatic carbocycles. The molecule has 3 heteroatoms. The second-order valence-corrected chi connectivity index (χ2v) is 5.58. The lowest BCUT2D eigenvalue weighted by molar-refractivity contribution is 1.33. The van der Waals surface area contributed by atoms with Crippen LogP contribution in [-0.4, -0.2) is 11.5 Å². The van der Waals surface area contributed by atoms with Crippen molar-refractivity contribution in [3.05, 3.63) is 34.3 Å². The van der Waals surface area contributed by atoms with E-state index in [1.165, 1.54) is 11.1 Å². The minimum atomic E-state index is 0.904. The number of rotatable bonds is 0. The topological polar surface area (TPSA) is 0 Å². The van der Waals surface area contributed by atoms with Crippen molar-refractivity contribution in [1.82, 2.24) is 0 Å². The number of hydrogen-bond donors (Lipinski definition) is 0. The normalized spacial score (nSPS) is 16.1. The van der Waals surface area contributed by atoms with Crippen LogP contribution in [0.2, 0.25) is 5.02 Å². The molecular weight excluding hydrogens is 244 g/mol. The van der Waals surface area contributed by atoms with Gasteiger partial charge in [0.1, 0.15) is 0 Å². The van der Waals surface area contributed by atoms with Gasteiger partial charge in [0.2, 0.25) is 0 Å². The first-order chi connectivity index (χ1) is 7.38. The van der Waals surface area contributed by atoms with E-state index in [4.69, 9.17) is 11.6 Å². The Morgan fingerprint density at radius 3 is 2.07 bits per heavy atom. The molecule has 0 unspecified atom stereocenters. The van der Waals surface area contributed by atoms with Gasteiger partial charge in [0.25, 0.3) is 0 Å². The minimum absolute atomic E-state index is 0.904. The summed E-state index contributed by atoms with van der Waals surface area (Å²) >= 11 is 9.99. The van der Waals surface area contributed by atoms with Gasteiger partial charge in [-0.15, -0.1) is 23.5 Å². The first-order valence-electron chi connectivity index (χ1n) is 4.75. The SMILES string of the molecule is Clc1c2cccc1CSCC#CCSC2. The van der Waals surface area contributed by atoms with Gasteiger partial charge in [0.05, 0.1) is 11.5 Å². The molecule has 78 valence electrons. The predicted octanol–water partition coefficient (Wildman–Crippen LogP) is 3.82. The third-order valence-corrected chi connectivity index (χ3v) is 4.36. The number of thioether (sulfide) groups is 2. The lowest BCUT2D eigenvalue weighted by Gasteiger charge is -2.07. The molecule has 0 radical (unpaired) electrons. The Morgan fingerprint density at radius 2 is 1.53 bits per heavy atom. The summed E-state index contributed by atoms with van der Waals surface area (Å²) in [5.41, 5.74) is 2.48. The number of halogens is 1. The summed E-state index contributed by atoms with van der Waals surface area (Å²) in [5, 5.41) is 0.944. The van der Waals surface area contributed by atoms with E-state index in [1.54, 1.807) is 0 Å². The van der Waals surface area contributed by atoms with Crippen LogP contribution in [0.15, 0.2) is 18.2 Å². The smallest absolute Gasteiger partial charge is 0.0551 e. The van der Waals surface area contributed by atoms with Crippen molar-refractivity contribution in [2.24, 2.45) is 0 Å². The van der Waals surface area contributed by atoms with Crippen molar-refractivity contribution < 1.29 is 0 Å². The van der Waals surface area contributed by atoms with Gasteiger partial charge in [0, 0.05) is 16.5 Å². The average molecular weight is 255 g/mol. The maximum Gasteiger partial charge on any atom is 0.0551 e. The molecule has 0 fully saturated rings. The summed E-state index contributed by atoms with van der Waals surface area (Å²) in [6, 6.07) is 6.31. The third-order valence-electron chi connectivity index (χ3n) is 2.15. The fourth-order valence-corrected chi connectivity index (χ4v) is 3.33. The molecule has 0 N–H and O–H groups in total. The van der Waals surface area contributed by atoms with Crippen LogP contribution in [0.1, 0.15) is 11.1 Å². The standard InChI is InChI=1S/C12H11ClS2/c13-12-10-4-3-5-11(12)9-15-7-2-1-6-14-8-10/h3-5H,6-9H2. The number of hydrogen-bond acceptors (Lipinski definition) is 2. The number of fused-ring (bicyclic) bond motifs is 2. The molecule has 0 nitrogen and oxygen atoms in total. The largest absolute Gasteiger partial charge is 0.144 e. The quantitative estimate of drug-likeness (QED) is 0.646. The first kappa shape index (κ1) is 11.3. The van der Waals surface area contributed by atoms with E-state index >= 15 is 0 Å². The molecule has 15 heavy (non-hydrogen) atoms. The van der Waals surface area contributed by atoms with Gasteiger partial charge in [-0.1, -0.05) is 41.6 Å². The van der Waals surface area contributed by atoms with E-state index in [0.717, 1.165) is 28.0 Å². The minimum Gasteiger partial charge on any atom is -0.144 e. The second-order valence-electron chi connectivity index (χ2n) is 3.23. The first-order valence-corrected chi connectivity index (χ1v) is 7.44. The molecular formula is C12H11ClS2. The Kier molecular flexibility index (Phi) is 4.31. The van der Waals surface area contributed by atoms with Crippen molar-refractivity contribution in [1.29, 1.82) is 0 Å². The Morgan fingerprint density at radius 1 is 1.00 bits per heavy atom. The van der Waals surface area contributed by atoms with Gasteiger partial charge in [-0.25, -0.2) is 0 Å². The van der Waals surface area contributed by atoms with Crippen molar-refractivity contribution in [3.8, 4) is 11.8 Å². The zero-order valence-corrected chi connectivity index (χ0v) is 10.6. The Bertz CT molecular complexity index is 372. The van der Waals surface area contributed by atoms with Gasteiger partial charge >= 0.3 is 0 Å². The Labute approximate surface area is 104 Å². The van der Waals surface area contributed by atoms with E-state index in [2.05, 4.69) is 30.0 Å². The molecule has 1 aliphatic heterocycles. The van der Waals surface area contributed by atoms with Crippen LogP contribution < -0.4 is 0 Å². The highest BCUT2D eigenvalue weighted by Gasteiger charge is 2.06. The fourth-order valence-electron chi connectivity index (χ4n) is 1.38. The van der Waals surface area contributed by atoms with Gasteiger partial charge in [-0.05, 0) is 11.1 Å². The molecule has 1 aliphatic rings.